The number of nitrogens with two attached hydrogens (primary N) is 1. The van der Waals surface area contributed by atoms with Crippen molar-refractivity contribution in [1.29, 1.82) is 5.26 Å². The fraction of sp³-hybridized carbons (Fsp3) is 0.200. The Labute approximate surface area is 170 Å². The van der Waals surface area contributed by atoms with E-state index in [-0.39, 0.29) is 39.8 Å². The van der Waals surface area contributed by atoms with Crippen molar-refractivity contribution in [3.63, 3.8) is 0 Å². The van der Waals surface area contributed by atoms with E-state index in [1.54, 1.807) is 26.0 Å². The molecule has 148 valence electrons. The maximum Gasteiger partial charge on any atom is 0.348 e. The number of hydrogen-bond donors (Lipinski definition) is 1. The van der Waals surface area contributed by atoms with Crippen LogP contribution >= 0.6 is 11.3 Å². The number of nitrogens with zero attached hydrogens (tertiary/aromatic N) is 2. The normalized spacial score (nSPS) is 10.4. The molecule has 0 atom stereocenters. The van der Waals surface area contributed by atoms with Gasteiger partial charge < -0.3 is 19.7 Å². The van der Waals surface area contributed by atoms with Gasteiger partial charge in [-0.2, -0.15) is 5.26 Å². The Morgan fingerprint density at radius 1 is 1.24 bits per heavy atom. The second-order valence-corrected chi connectivity index (χ2v) is 6.94. The standard InChI is InChI=1S/C20H17N3O5S/c1-3-26-20(25)17-14(13(9-21)18(22)29-17)10-27-19(24)15-11(2)28-23-16(15)12-7-5-4-6-8-12/h4-8H,3,10,22H2,1-2H3. The topological polar surface area (TPSA) is 128 Å². The van der Waals surface area contributed by atoms with Crippen LogP contribution in [-0.2, 0) is 16.1 Å². The van der Waals surface area contributed by atoms with Gasteiger partial charge in [-0.25, -0.2) is 9.59 Å². The van der Waals surface area contributed by atoms with Gasteiger partial charge in [-0.05, 0) is 13.8 Å². The quantitative estimate of drug-likeness (QED) is 0.608. The number of aromatic nitrogens is 1. The van der Waals surface area contributed by atoms with E-state index in [4.69, 9.17) is 19.7 Å². The van der Waals surface area contributed by atoms with E-state index in [1.165, 1.54) is 0 Å². The molecule has 0 saturated carbocycles. The van der Waals surface area contributed by atoms with Gasteiger partial charge in [0.25, 0.3) is 0 Å². The van der Waals surface area contributed by atoms with Crippen LogP contribution in [-0.4, -0.2) is 23.7 Å². The largest absolute Gasteiger partial charge is 0.462 e. The van der Waals surface area contributed by atoms with Crippen LogP contribution in [0.2, 0.25) is 0 Å². The molecule has 2 N–H and O–H groups in total. The van der Waals surface area contributed by atoms with Crippen molar-refractivity contribution < 1.29 is 23.6 Å². The summed E-state index contributed by atoms with van der Waals surface area (Å²) in [7, 11) is 0. The molecule has 0 spiro atoms. The number of aryl methyl sites for hydroxylation is 1. The summed E-state index contributed by atoms with van der Waals surface area (Å²) in [6.45, 7) is 3.11. The van der Waals surface area contributed by atoms with Gasteiger partial charge in [0, 0.05) is 11.1 Å². The van der Waals surface area contributed by atoms with Crippen molar-refractivity contribution >= 4 is 28.3 Å². The molecule has 3 rings (SSSR count). The molecule has 2 heterocycles. The molecule has 0 bridgehead atoms. The van der Waals surface area contributed by atoms with Crippen molar-refractivity contribution in [2.75, 3.05) is 12.3 Å². The summed E-state index contributed by atoms with van der Waals surface area (Å²) in [4.78, 5) is 25.1. The Morgan fingerprint density at radius 2 is 1.97 bits per heavy atom. The van der Waals surface area contributed by atoms with Crippen molar-refractivity contribution in [3.05, 3.63) is 57.7 Å². The molecule has 0 amide bonds. The van der Waals surface area contributed by atoms with E-state index in [9.17, 15) is 14.9 Å². The molecule has 2 aromatic heterocycles. The summed E-state index contributed by atoms with van der Waals surface area (Å²) in [5.41, 5.74) is 7.37. The van der Waals surface area contributed by atoms with E-state index < -0.39 is 11.9 Å². The Bertz CT molecular complexity index is 1100. The highest BCUT2D eigenvalue weighted by molar-refractivity contribution is 7.18. The lowest BCUT2D eigenvalue weighted by atomic mass is 10.1. The zero-order valence-corrected chi connectivity index (χ0v) is 16.5. The zero-order chi connectivity index (χ0) is 21.0. The Balaban J connectivity index is 1.89. The van der Waals surface area contributed by atoms with E-state index in [2.05, 4.69) is 5.16 Å². The summed E-state index contributed by atoms with van der Waals surface area (Å²) >= 11 is 0.925. The SMILES string of the molecule is CCOC(=O)c1sc(N)c(C#N)c1COC(=O)c1c(-c2ccccc2)noc1C. The number of rotatable bonds is 6. The number of ether oxygens (including phenoxy) is 2. The first-order valence-corrected chi connectivity index (χ1v) is 9.46. The third-order valence-corrected chi connectivity index (χ3v) is 5.11. The molecular weight excluding hydrogens is 394 g/mol. The summed E-state index contributed by atoms with van der Waals surface area (Å²) < 4.78 is 15.6. The zero-order valence-electron chi connectivity index (χ0n) is 15.7. The van der Waals surface area contributed by atoms with Gasteiger partial charge in [0.05, 0.1) is 12.2 Å². The lowest BCUT2D eigenvalue weighted by Gasteiger charge is -2.07. The number of carbonyl (C=O) groups excluding carboxylic acids is 2. The second kappa shape index (κ2) is 8.58. The molecule has 29 heavy (non-hydrogen) atoms. The third kappa shape index (κ3) is 3.97. The highest BCUT2D eigenvalue weighted by atomic mass is 32.1. The summed E-state index contributed by atoms with van der Waals surface area (Å²) in [5.74, 6) is -1.02. The van der Waals surface area contributed by atoms with E-state index in [1.807, 2.05) is 24.3 Å². The second-order valence-electron chi connectivity index (χ2n) is 5.89. The van der Waals surface area contributed by atoms with Crippen LogP contribution in [0.3, 0.4) is 0 Å². The molecule has 0 aliphatic carbocycles. The van der Waals surface area contributed by atoms with Gasteiger partial charge in [0.15, 0.2) is 0 Å². The fourth-order valence-electron chi connectivity index (χ4n) is 2.72. The molecule has 0 radical (unpaired) electrons. The van der Waals surface area contributed by atoms with Gasteiger partial charge in [0.2, 0.25) is 0 Å². The van der Waals surface area contributed by atoms with Crippen LogP contribution in [0.25, 0.3) is 11.3 Å². The maximum absolute atomic E-state index is 12.8. The molecular formula is C20H17N3O5S. The first-order chi connectivity index (χ1) is 14.0. The highest BCUT2D eigenvalue weighted by Gasteiger charge is 2.27. The molecule has 0 fully saturated rings. The van der Waals surface area contributed by atoms with E-state index in [0.29, 0.717) is 17.0 Å². The van der Waals surface area contributed by atoms with Crippen LogP contribution in [0.5, 0.6) is 0 Å². The van der Waals surface area contributed by atoms with Crippen molar-refractivity contribution in [1.82, 2.24) is 5.16 Å². The number of nitrogen functional groups attached to an aromatic ring is 1. The van der Waals surface area contributed by atoms with E-state index in [0.717, 1.165) is 11.3 Å². The summed E-state index contributed by atoms with van der Waals surface area (Å²) in [5, 5.41) is 13.5. The van der Waals surface area contributed by atoms with Crippen molar-refractivity contribution in [3.8, 4) is 17.3 Å². The molecule has 0 aliphatic rings. The fourth-order valence-corrected chi connectivity index (χ4v) is 3.64. The van der Waals surface area contributed by atoms with Crippen LogP contribution < -0.4 is 5.73 Å². The minimum Gasteiger partial charge on any atom is -0.462 e. The predicted octanol–water partition coefficient (Wildman–Crippen LogP) is 3.70. The predicted molar refractivity (Wildman–Crippen MR) is 105 cm³/mol. The Hall–Kier alpha value is -3.64. The number of carbonyl (C=O) groups is 2. The van der Waals surface area contributed by atoms with E-state index >= 15 is 0 Å². The average Bonchev–Trinajstić information content (AvgIpc) is 3.26. The minimum absolute atomic E-state index is 0.0937. The van der Waals surface area contributed by atoms with Crippen LogP contribution in [0, 0.1) is 18.3 Å². The van der Waals surface area contributed by atoms with Crippen molar-refractivity contribution in [2.24, 2.45) is 0 Å². The smallest absolute Gasteiger partial charge is 0.348 e. The lowest BCUT2D eigenvalue weighted by molar-refractivity contribution is 0.0451. The maximum atomic E-state index is 12.8. The molecule has 0 unspecified atom stereocenters. The van der Waals surface area contributed by atoms with Crippen LogP contribution in [0.1, 0.15) is 43.8 Å². The monoisotopic (exact) mass is 411 g/mol. The molecule has 0 saturated heterocycles. The number of hydrogen-bond acceptors (Lipinski definition) is 9. The van der Waals surface area contributed by atoms with Crippen LogP contribution in [0.15, 0.2) is 34.9 Å². The molecule has 3 aromatic rings. The molecule has 1 aromatic carbocycles. The first kappa shape index (κ1) is 20.1. The minimum atomic E-state index is -0.689. The molecule has 0 aliphatic heterocycles. The highest BCUT2D eigenvalue weighted by Crippen LogP contribution is 2.32. The molecule has 9 heteroatoms. The van der Waals surface area contributed by atoms with Gasteiger partial charge in [-0.1, -0.05) is 35.5 Å². The summed E-state index contributed by atoms with van der Waals surface area (Å²) in [6.07, 6.45) is 0. The lowest BCUT2D eigenvalue weighted by Crippen LogP contribution is -2.11. The number of nitriles is 1. The first-order valence-electron chi connectivity index (χ1n) is 8.65. The third-order valence-electron chi connectivity index (χ3n) is 4.07. The van der Waals surface area contributed by atoms with Gasteiger partial charge in [0.1, 0.15) is 39.6 Å². The average molecular weight is 411 g/mol. The van der Waals surface area contributed by atoms with Gasteiger partial charge in [-0.3, -0.25) is 0 Å². The Morgan fingerprint density at radius 3 is 2.62 bits per heavy atom. The van der Waals surface area contributed by atoms with Gasteiger partial charge in [-0.15, -0.1) is 11.3 Å². The number of benzene rings is 1. The number of anilines is 1. The molecule has 8 nitrogen and oxygen atoms in total. The van der Waals surface area contributed by atoms with Gasteiger partial charge >= 0.3 is 11.9 Å². The number of esters is 2. The van der Waals surface area contributed by atoms with Crippen molar-refractivity contribution in [2.45, 2.75) is 20.5 Å². The van der Waals surface area contributed by atoms with Crippen LogP contribution in [0.4, 0.5) is 5.00 Å². The Kier molecular flexibility index (Phi) is 5.95. The summed E-state index contributed by atoms with van der Waals surface area (Å²) in [6, 6.07) is 11.0. The number of thiophene rings is 1.